The molecule has 22 nitrogen and oxygen atoms in total. The number of carboxylic acid groups (broad SMARTS) is 1. The summed E-state index contributed by atoms with van der Waals surface area (Å²) < 4.78 is 50.7. The number of carboxylic acids is 1. The molecule has 24 heteroatoms. The molecule has 382 valence electrons. The second kappa shape index (κ2) is 22.4. The molecule has 2 aliphatic heterocycles. The Kier molecular flexibility index (Phi) is 17.0. The van der Waals surface area contributed by atoms with Crippen LogP contribution in [0.25, 0.3) is 10.9 Å². The number of benzene rings is 2. The van der Waals surface area contributed by atoms with Crippen molar-refractivity contribution in [3.63, 3.8) is 0 Å². The molecule has 70 heavy (non-hydrogen) atoms. The number of rotatable bonds is 20. The number of amides is 5. The van der Waals surface area contributed by atoms with Crippen molar-refractivity contribution in [3.8, 4) is 0 Å². The number of carbonyl (C=O) groups is 6. The Morgan fingerprint density at radius 1 is 0.843 bits per heavy atom. The highest BCUT2D eigenvalue weighted by Gasteiger charge is 2.42. The molecule has 3 aromatic rings. The monoisotopic (exact) mass is 1000 g/mol. The average Bonchev–Trinajstić information content (AvgIpc) is 4.05. The number of ether oxygens (including phenoxy) is 1. The van der Waals surface area contributed by atoms with Gasteiger partial charge in [0.25, 0.3) is 5.91 Å². The zero-order chi connectivity index (χ0) is 51.4. The number of hydrogen-bond acceptors (Lipinski definition) is 14. The molecule has 9 atom stereocenters. The smallest absolute Gasteiger partial charge is 0.341 e. The van der Waals surface area contributed by atoms with Gasteiger partial charge in [-0.1, -0.05) is 13.8 Å². The van der Waals surface area contributed by atoms with Crippen LogP contribution in [0, 0.1) is 17.7 Å². The van der Waals surface area contributed by atoms with Gasteiger partial charge in [-0.3, -0.25) is 28.8 Å². The quantitative estimate of drug-likeness (QED) is 0.0665. The van der Waals surface area contributed by atoms with Gasteiger partial charge in [-0.2, -0.15) is 0 Å². The lowest BCUT2D eigenvalue weighted by Gasteiger charge is -2.39. The van der Waals surface area contributed by atoms with Crippen molar-refractivity contribution in [2.45, 2.75) is 120 Å². The van der Waals surface area contributed by atoms with E-state index in [0.717, 1.165) is 31.0 Å². The van der Waals surface area contributed by atoms with E-state index in [4.69, 9.17) is 4.74 Å². The zero-order valence-electron chi connectivity index (χ0n) is 39.3. The summed E-state index contributed by atoms with van der Waals surface area (Å²) >= 11 is 0. The second-order valence-electron chi connectivity index (χ2n) is 18.6. The predicted molar refractivity (Wildman–Crippen MR) is 250 cm³/mol. The maximum atomic E-state index is 15.5. The summed E-state index contributed by atoms with van der Waals surface area (Å²) in [5.41, 5.74) is -0.457. The van der Waals surface area contributed by atoms with E-state index >= 15 is 4.39 Å². The summed E-state index contributed by atoms with van der Waals surface area (Å²) in [5, 5.41) is 52.5. The van der Waals surface area contributed by atoms with Crippen LogP contribution >= 0.6 is 0 Å². The normalized spacial score (nSPS) is 22.7. The third kappa shape index (κ3) is 12.8. The van der Waals surface area contributed by atoms with Crippen molar-refractivity contribution in [3.05, 3.63) is 69.8 Å². The summed E-state index contributed by atoms with van der Waals surface area (Å²) in [6, 6.07) is 4.13. The van der Waals surface area contributed by atoms with Crippen LogP contribution in [0.4, 0.5) is 10.1 Å². The lowest BCUT2D eigenvalue weighted by Crippen LogP contribution is -2.59. The van der Waals surface area contributed by atoms with Gasteiger partial charge in [0.15, 0.2) is 0 Å². The maximum Gasteiger partial charge on any atom is 0.341 e. The lowest BCUT2D eigenvalue weighted by molar-refractivity contribution is -0.214. The van der Waals surface area contributed by atoms with Crippen molar-refractivity contribution in [2.75, 3.05) is 37.6 Å². The van der Waals surface area contributed by atoms with Crippen LogP contribution in [0.15, 0.2) is 52.3 Å². The molecular formula is C46H61FN8O14S. The van der Waals surface area contributed by atoms with Crippen LogP contribution in [-0.2, 0) is 33.9 Å². The number of carbonyl (C=O) groups excluding carboxylic acids is 5. The number of hydrogen-bond donors (Lipinski definition) is 10. The molecule has 0 radical (unpaired) electrons. The van der Waals surface area contributed by atoms with E-state index in [9.17, 15) is 62.4 Å². The van der Waals surface area contributed by atoms with E-state index in [1.54, 1.807) is 10.6 Å². The van der Waals surface area contributed by atoms with Crippen LogP contribution in [0.2, 0.25) is 0 Å². The standard InChI is InChI=1S/C46H61FN8O14S/c1-22(2)14-33(53-37(56)19-49-43(62)23(3)51-44(63)27-6-10-29(11-7-27)70(67,68)50-18-36-40(59)41(60)38(57)25(5)69-36)45(64)52-24(4)42(61)48-17-26-12-13-54(20-26)35-16-34-30(15-32(35)47)39(58)31(46(65)66)21-55(34)28-8-9-28/h6-7,10-11,15-16,21-26,28,33,36,38,40-41,50,57,59-60H,8-9,12-14,17-20H2,1-5H3,(H,48,61)(H,49,62)(H,51,63)(H,52,64)(H,53,56)(H,65,66)/t23-,24-,25-,26-,33-,36+,38+,40+,41+/m0/s1. The number of anilines is 1. The first kappa shape index (κ1) is 53.3. The van der Waals surface area contributed by atoms with Gasteiger partial charge in [-0.25, -0.2) is 22.3 Å². The first-order valence-electron chi connectivity index (χ1n) is 23.1. The molecule has 3 heterocycles. The summed E-state index contributed by atoms with van der Waals surface area (Å²) in [4.78, 5) is 91.5. The summed E-state index contributed by atoms with van der Waals surface area (Å²) in [6.45, 7) is 8.01. The lowest BCUT2D eigenvalue weighted by atomic mass is 9.96. The van der Waals surface area contributed by atoms with Crippen LogP contribution in [0.5, 0.6) is 0 Å². The molecule has 2 saturated heterocycles. The number of sulfonamides is 1. The molecule has 3 aliphatic rings. The molecule has 5 amide bonds. The molecule has 0 spiro atoms. The first-order valence-corrected chi connectivity index (χ1v) is 24.6. The molecule has 1 saturated carbocycles. The number of nitrogens with zero attached hydrogens (tertiary/aromatic N) is 2. The number of halogens is 1. The average molecular weight is 1000 g/mol. The Morgan fingerprint density at radius 3 is 2.14 bits per heavy atom. The number of aromatic nitrogens is 1. The van der Waals surface area contributed by atoms with Crippen molar-refractivity contribution < 1.29 is 66.7 Å². The summed E-state index contributed by atoms with van der Waals surface area (Å²) in [7, 11) is -4.17. The third-order valence-corrected chi connectivity index (χ3v) is 14.0. The fourth-order valence-electron chi connectivity index (χ4n) is 8.38. The predicted octanol–water partition coefficient (Wildman–Crippen LogP) is -0.765. The number of aliphatic hydroxyl groups excluding tert-OH is 3. The highest BCUT2D eigenvalue weighted by atomic mass is 32.2. The van der Waals surface area contributed by atoms with Gasteiger partial charge in [-0.05, 0) is 94.7 Å². The Hall–Kier alpha value is -6.05. The molecule has 0 bridgehead atoms. The number of aliphatic hydroxyl groups is 3. The minimum atomic E-state index is -4.17. The van der Waals surface area contributed by atoms with Gasteiger partial charge >= 0.3 is 5.97 Å². The van der Waals surface area contributed by atoms with Crippen LogP contribution in [0.1, 0.15) is 87.1 Å². The maximum absolute atomic E-state index is 15.5. The van der Waals surface area contributed by atoms with Crippen LogP contribution < -0.4 is 41.6 Å². The first-order chi connectivity index (χ1) is 32.9. The Balaban J connectivity index is 0.935. The van der Waals surface area contributed by atoms with Gasteiger partial charge in [0.05, 0.1) is 28.7 Å². The molecule has 10 N–H and O–H groups in total. The topological polar surface area (TPSA) is 324 Å². The zero-order valence-corrected chi connectivity index (χ0v) is 40.1. The third-order valence-electron chi connectivity index (χ3n) is 12.6. The SMILES string of the molecule is CC(C)C[C@H](NC(=O)CNC(=O)[C@H](C)NC(=O)c1ccc(S(=O)(=O)NC[C@H]2O[C@@H](C)[C@@H](O)[C@@H](O)[C@@H]2O)cc1)C(=O)N[C@@H](C)C(=O)NC[C@@H]1CCN(c2cc3c(cc2F)c(=O)c(C(=O)O)cn3C2CC2)C1. The second-order valence-corrected chi connectivity index (χ2v) is 20.4. The fourth-order valence-corrected chi connectivity index (χ4v) is 9.43. The van der Waals surface area contributed by atoms with E-state index in [2.05, 4.69) is 31.3 Å². The number of pyridine rings is 1. The molecule has 1 aromatic heterocycles. The van der Waals surface area contributed by atoms with Crippen molar-refractivity contribution in [1.82, 2.24) is 35.9 Å². The van der Waals surface area contributed by atoms with Gasteiger partial charge in [-0.15, -0.1) is 0 Å². The Labute approximate surface area is 402 Å². The number of aromatic carboxylic acids is 1. The van der Waals surface area contributed by atoms with E-state index in [1.165, 1.54) is 39.1 Å². The summed E-state index contributed by atoms with van der Waals surface area (Å²) in [5.74, 6) is -5.55. The van der Waals surface area contributed by atoms with E-state index < -0.39 is 124 Å². The molecule has 3 fully saturated rings. The Morgan fingerprint density at radius 2 is 1.50 bits per heavy atom. The molecule has 6 rings (SSSR count). The Bertz CT molecular complexity index is 2650. The van der Waals surface area contributed by atoms with Gasteiger partial charge in [0.1, 0.15) is 53.9 Å². The summed E-state index contributed by atoms with van der Waals surface area (Å²) in [6.07, 6.45) is -2.73. The molecule has 1 aliphatic carbocycles. The number of fused-ring (bicyclic) bond motifs is 1. The van der Waals surface area contributed by atoms with E-state index in [0.29, 0.717) is 25.0 Å². The van der Waals surface area contributed by atoms with Crippen LogP contribution in [-0.4, -0.2) is 150 Å². The van der Waals surface area contributed by atoms with Gasteiger partial charge in [0.2, 0.25) is 39.1 Å². The van der Waals surface area contributed by atoms with E-state index in [1.807, 2.05) is 18.7 Å². The highest BCUT2D eigenvalue weighted by molar-refractivity contribution is 7.89. The molecular weight excluding hydrogens is 940 g/mol. The minimum absolute atomic E-state index is 0.00136. The largest absolute Gasteiger partial charge is 0.477 e. The highest BCUT2D eigenvalue weighted by Crippen LogP contribution is 2.38. The van der Waals surface area contributed by atoms with Crippen molar-refractivity contribution >= 4 is 62.1 Å². The van der Waals surface area contributed by atoms with Gasteiger partial charge < -0.3 is 61.2 Å². The molecule has 0 unspecified atom stereocenters. The minimum Gasteiger partial charge on any atom is -0.477 e. The number of nitrogens with one attached hydrogen (secondary N) is 6. The van der Waals surface area contributed by atoms with Crippen LogP contribution in [0.3, 0.4) is 0 Å². The fraction of sp³-hybridized carbons (Fsp3) is 0.543. The van der Waals surface area contributed by atoms with Crippen molar-refractivity contribution in [1.29, 1.82) is 0 Å². The van der Waals surface area contributed by atoms with Gasteiger partial charge in [0, 0.05) is 49.4 Å². The van der Waals surface area contributed by atoms with Crippen molar-refractivity contribution in [2.24, 2.45) is 11.8 Å². The van der Waals surface area contributed by atoms with E-state index in [-0.39, 0.29) is 52.4 Å². The molecule has 2 aromatic carbocycles.